The molecular formula is C8H18N2O2S. The highest BCUT2D eigenvalue weighted by molar-refractivity contribution is 7.89. The average Bonchev–Trinajstić information content (AvgIpc) is 1.98. The van der Waals surface area contributed by atoms with E-state index in [9.17, 15) is 8.42 Å². The van der Waals surface area contributed by atoms with Gasteiger partial charge >= 0.3 is 0 Å². The van der Waals surface area contributed by atoms with Gasteiger partial charge in [0.25, 0.3) is 0 Å². The fraction of sp³-hybridized carbons (Fsp3) is 1.00. The van der Waals surface area contributed by atoms with Crippen molar-refractivity contribution in [1.29, 1.82) is 0 Å². The van der Waals surface area contributed by atoms with Gasteiger partial charge in [0.2, 0.25) is 10.0 Å². The van der Waals surface area contributed by atoms with Gasteiger partial charge in [-0.2, -0.15) is 0 Å². The first-order valence-corrected chi connectivity index (χ1v) is 6.44. The molecule has 4 nitrogen and oxygen atoms in total. The predicted molar refractivity (Wildman–Crippen MR) is 53.1 cm³/mol. The molecule has 1 aliphatic rings. The van der Waals surface area contributed by atoms with Crippen LogP contribution < -0.4 is 10.0 Å². The Morgan fingerprint density at radius 2 is 2.08 bits per heavy atom. The number of hydrogen-bond acceptors (Lipinski definition) is 3. The van der Waals surface area contributed by atoms with Crippen molar-refractivity contribution in [3.63, 3.8) is 0 Å². The quantitative estimate of drug-likeness (QED) is 0.605. The van der Waals surface area contributed by atoms with Crippen molar-refractivity contribution in [3.8, 4) is 0 Å². The van der Waals surface area contributed by atoms with Crippen LogP contribution in [-0.4, -0.2) is 33.8 Å². The third-order valence-electron chi connectivity index (χ3n) is 2.29. The summed E-state index contributed by atoms with van der Waals surface area (Å²) in [5, 5.41) is 2.93. The normalized spacial score (nSPS) is 18.5. The molecule has 0 radical (unpaired) electrons. The summed E-state index contributed by atoms with van der Waals surface area (Å²) >= 11 is 0. The molecule has 0 bridgehead atoms. The Labute approximate surface area is 80.1 Å². The zero-order valence-corrected chi connectivity index (χ0v) is 8.86. The van der Waals surface area contributed by atoms with E-state index in [0.717, 1.165) is 25.8 Å². The monoisotopic (exact) mass is 206 g/mol. The van der Waals surface area contributed by atoms with Gasteiger partial charge in [-0.3, -0.25) is 0 Å². The summed E-state index contributed by atoms with van der Waals surface area (Å²) in [6.07, 6.45) is 3.85. The van der Waals surface area contributed by atoms with Crippen molar-refractivity contribution in [3.05, 3.63) is 0 Å². The van der Waals surface area contributed by atoms with Crippen molar-refractivity contribution in [1.82, 2.24) is 10.0 Å². The molecule has 78 valence electrons. The second-order valence-corrected chi connectivity index (χ2v) is 5.40. The lowest BCUT2D eigenvalue weighted by atomic mass is 9.94. The molecule has 1 aliphatic carbocycles. The van der Waals surface area contributed by atoms with Crippen LogP contribution in [0.15, 0.2) is 0 Å². The minimum atomic E-state index is -3.00. The highest BCUT2D eigenvalue weighted by Crippen LogP contribution is 2.18. The lowest BCUT2D eigenvalue weighted by Crippen LogP contribution is -2.40. The van der Waals surface area contributed by atoms with Gasteiger partial charge < -0.3 is 5.32 Å². The van der Waals surface area contributed by atoms with Gasteiger partial charge in [-0.05, 0) is 32.9 Å². The molecule has 0 unspecified atom stereocenters. The number of sulfonamides is 1. The first kappa shape index (κ1) is 10.9. The van der Waals surface area contributed by atoms with E-state index in [-0.39, 0.29) is 11.8 Å². The van der Waals surface area contributed by atoms with Gasteiger partial charge in [0, 0.05) is 6.04 Å². The first-order valence-electron chi connectivity index (χ1n) is 4.78. The topological polar surface area (TPSA) is 58.2 Å². The van der Waals surface area contributed by atoms with E-state index >= 15 is 0 Å². The number of hydrogen-bond donors (Lipinski definition) is 2. The van der Waals surface area contributed by atoms with Crippen LogP contribution in [0.1, 0.15) is 25.7 Å². The molecule has 0 aromatic rings. The molecule has 2 N–H and O–H groups in total. The molecule has 13 heavy (non-hydrogen) atoms. The van der Waals surface area contributed by atoms with E-state index in [0.29, 0.717) is 6.42 Å². The lowest BCUT2D eigenvalue weighted by Gasteiger charge is -2.26. The maximum absolute atomic E-state index is 11.4. The highest BCUT2D eigenvalue weighted by Gasteiger charge is 2.22. The van der Waals surface area contributed by atoms with Crippen LogP contribution in [0.3, 0.4) is 0 Å². The number of nitrogens with one attached hydrogen (secondary N) is 2. The summed E-state index contributed by atoms with van der Waals surface area (Å²) in [4.78, 5) is 0. The van der Waals surface area contributed by atoms with Crippen LogP contribution in [0.25, 0.3) is 0 Å². The largest absolute Gasteiger partial charge is 0.320 e. The molecule has 1 rings (SSSR count). The molecule has 1 fully saturated rings. The molecule has 5 heteroatoms. The molecule has 0 saturated heterocycles. The van der Waals surface area contributed by atoms with E-state index in [1.54, 1.807) is 0 Å². The smallest absolute Gasteiger partial charge is 0.211 e. The molecule has 0 aliphatic heterocycles. The summed E-state index contributed by atoms with van der Waals surface area (Å²) in [6.45, 7) is 0.756. The van der Waals surface area contributed by atoms with Crippen LogP contribution in [-0.2, 0) is 10.0 Å². The molecule has 0 spiro atoms. The second-order valence-electron chi connectivity index (χ2n) is 3.52. The van der Waals surface area contributed by atoms with Gasteiger partial charge in [0.1, 0.15) is 0 Å². The second kappa shape index (κ2) is 4.93. The Morgan fingerprint density at radius 1 is 1.38 bits per heavy atom. The minimum Gasteiger partial charge on any atom is -0.320 e. The van der Waals surface area contributed by atoms with Gasteiger partial charge in [-0.1, -0.05) is 6.42 Å². The van der Waals surface area contributed by atoms with Gasteiger partial charge in [0.15, 0.2) is 0 Å². The molecule has 0 aromatic heterocycles. The fourth-order valence-electron chi connectivity index (χ4n) is 1.28. The minimum absolute atomic E-state index is 0.222. The van der Waals surface area contributed by atoms with Gasteiger partial charge in [-0.25, -0.2) is 13.1 Å². The molecule has 1 saturated carbocycles. The molecular weight excluding hydrogens is 188 g/mol. The standard InChI is InChI=1S/C8H18N2O2S/c1-9-6-3-7-13(11,12)10-8-4-2-5-8/h8-10H,2-7H2,1H3. The first-order chi connectivity index (χ1) is 6.14. The van der Waals surface area contributed by atoms with Crippen LogP contribution in [0.2, 0.25) is 0 Å². The summed E-state index contributed by atoms with van der Waals surface area (Å²) < 4.78 is 25.4. The Bertz CT molecular complexity index is 235. The molecule has 0 atom stereocenters. The van der Waals surface area contributed by atoms with Crippen LogP contribution in [0, 0.1) is 0 Å². The third kappa shape index (κ3) is 4.06. The Morgan fingerprint density at radius 3 is 2.54 bits per heavy atom. The predicted octanol–water partition coefficient (Wildman–Crippen LogP) is 0.0678. The van der Waals surface area contributed by atoms with E-state index in [1.807, 2.05) is 7.05 Å². The zero-order valence-electron chi connectivity index (χ0n) is 8.04. The molecule has 0 aromatic carbocycles. The zero-order chi connectivity index (χ0) is 9.73. The van der Waals surface area contributed by atoms with E-state index < -0.39 is 10.0 Å². The molecule has 0 amide bonds. The Kier molecular flexibility index (Phi) is 4.15. The maximum atomic E-state index is 11.4. The molecule has 0 heterocycles. The average molecular weight is 206 g/mol. The SMILES string of the molecule is CNCCCS(=O)(=O)NC1CCC1. The summed E-state index contributed by atoms with van der Waals surface area (Å²) in [7, 11) is -1.18. The maximum Gasteiger partial charge on any atom is 0.211 e. The Balaban J connectivity index is 2.20. The third-order valence-corrected chi connectivity index (χ3v) is 3.81. The highest BCUT2D eigenvalue weighted by atomic mass is 32.2. The van der Waals surface area contributed by atoms with E-state index in [1.165, 1.54) is 0 Å². The summed E-state index contributed by atoms with van der Waals surface area (Å²) in [6, 6.07) is 0.222. The van der Waals surface area contributed by atoms with Crippen molar-refractivity contribution in [2.45, 2.75) is 31.7 Å². The summed E-state index contributed by atoms with van der Waals surface area (Å²) in [5.74, 6) is 0.240. The Hall–Kier alpha value is -0.130. The van der Waals surface area contributed by atoms with Crippen molar-refractivity contribution in [2.75, 3.05) is 19.3 Å². The van der Waals surface area contributed by atoms with E-state index in [4.69, 9.17) is 0 Å². The van der Waals surface area contributed by atoms with E-state index in [2.05, 4.69) is 10.0 Å². The van der Waals surface area contributed by atoms with Crippen molar-refractivity contribution >= 4 is 10.0 Å². The van der Waals surface area contributed by atoms with Gasteiger partial charge in [0.05, 0.1) is 5.75 Å². The van der Waals surface area contributed by atoms with Crippen molar-refractivity contribution < 1.29 is 8.42 Å². The van der Waals surface area contributed by atoms with Crippen LogP contribution in [0.5, 0.6) is 0 Å². The van der Waals surface area contributed by atoms with Crippen molar-refractivity contribution in [2.24, 2.45) is 0 Å². The fourth-order valence-corrected chi connectivity index (χ4v) is 2.66. The van der Waals surface area contributed by atoms with Crippen LogP contribution in [0.4, 0.5) is 0 Å². The van der Waals surface area contributed by atoms with Gasteiger partial charge in [-0.15, -0.1) is 0 Å². The summed E-state index contributed by atoms with van der Waals surface area (Å²) in [5.41, 5.74) is 0. The lowest BCUT2D eigenvalue weighted by molar-refractivity contribution is 0.383. The number of rotatable bonds is 6. The van der Waals surface area contributed by atoms with Crippen LogP contribution >= 0.6 is 0 Å².